The minimum absolute atomic E-state index is 0.0469. The smallest absolute Gasteiger partial charge is 0.255 e. The van der Waals surface area contributed by atoms with E-state index in [9.17, 15) is 22.0 Å². The Morgan fingerprint density at radius 1 is 1.10 bits per heavy atom. The zero-order valence-electron chi connectivity index (χ0n) is 17.7. The summed E-state index contributed by atoms with van der Waals surface area (Å²) in [5.74, 6) is -2.31. The van der Waals surface area contributed by atoms with Crippen molar-refractivity contribution in [2.75, 3.05) is 25.5 Å². The Morgan fingerprint density at radius 3 is 2.29 bits per heavy atom. The van der Waals surface area contributed by atoms with Crippen LogP contribution in [0.1, 0.15) is 42.1 Å². The van der Waals surface area contributed by atoms with Crippen LogP contribution >= 0.6 is 0 Å². The van der Waals surface area contributed by atoms with Gasteiger partial charge in [0.05, 0.1) is 5.25 Å². The van der Waals surface area contributed by atoms with Crippen molar-refractivity contribution in [3.8, 4) is 0 Å². The van der Waals surface area contributed by atoms with E-state index in [4.69, 9.17) is 0 Å². The minimum atomic E-state index is -3.40. The largest absolute Gasteiger partial charge is 0.322 e. The first kappa shape index (κ1) is 23.3. The molecule has 1 aliphatic rings. The molecule has 1 fully saturated rings. The van der Waals surface area contributed by atoms with Gasteiger partial charge in [0.25, 0.3) is 5.91 Å². The highest BCUT2D eigenvalue weighted by Gasteiger charge is 2.32. The van der Waals surface area contributed by atoms with Gasteiger partial charge >= 0.3 is 0 Å². The molecule has 168 valence electrons. The van der Waals surface area contributed by atoms with Gasteiger partial charge < -0.3 is 10.2 Å². The monoisotopic (exact) mass is 451 g/mol. The van der Waals surface area contributed by atoms with E-state index in [-0.39, 0.29) is 17.5 Å². The first-order chi connectivity index (χ1) is 14.5. The Labute approximate surface area is 181 Å². The third kappa shape index (κ3) is 5.87. The van der Waals surface area contributed by atoms with E-state index >= 15 is 0 Å². The Bertz CT molecular complexity index is 1020. The quantitative estimate of drug-likeness (QED) is 0.706. The maximum atomic E-state index is 13.3. The second-order valence-electron chi connectivity index (χ2n) is 8.21. The first-order valence-corrected chi connectivity index (χ1v) is 11.7. The Morgan fingerprint density at radius 2 is 1.71 bits per heavy atom. The SMILES string of the molecule is CC(C)S(=O)(=O)NC1CCN(C)CC1c1ccc(NC(=O)c2cc(F)cc(F)c2)cc1. The van der Waals surface area contributed by atoms with E-state index in [1.54, 1.807) is 26.0 Å². The molecule has 2 aromatic rings. The second kappa shape index (κ2) is 9.42. The van der Waals surface area contributed by atoms with Crippen LogP contribution in [-0.4, -0.2) is 50.7 Å². The topological polar surface area (TPSA) is 78.5 Å². The number of likely N-dealkylation sites (tertiary alicyclic amines) is 1. The third-order valence-electron chi connectivity index (χ3n) is 5.47. The molecule has 0 spiro atoms. The van der Waals surface area contributed by atoms with Gasteiger partial charge in [-0.05, 0) is 63.7 Å². The van der Waals surface area contributed by atoms with Gasteiger partial charge in [0, 0.05) is 35.8 Å². The molecule has 0 aliphatic carbocycles. The van der Waals surface area contributed by atoms with Crippen LogP contribution in [0.5, 0.6) is 0 Å². The van der Waals surface area contributed by atoms with E-state index < -0.39 is 32.8 Å². The molecule has 0 radical (unpaired) electrons. The van der Waals surface area contributed by atoms with E-state index in [1.165, 1.54) is 0 Å². The molecule has 1 amide bonds. The van der Waals surface area contributed by atoms with Gasteiger partial charge in [0.15, 0.2) is 0 Å². The summed E-state index contributed by atoms with van der Waals surface area (Å²) >= 11 is 0. The molecule has 9 heteroatoms. The molecule has 1 aliphatic heterocycles. The van der Waals surface area contributed by atoms with E-state index in [2.05, 4.69) is 14.9 Å². The summed E-state index contributed by atoms with van der Waals surface area (Å²) in [5, 5.41) is 2.11. The van der Waals surface area contributed by atoms with Crippen molar-refractivity contribution in [1.29, 1.82) is 0 Å². The predicted octanol–water partition coefficient (Wildman–Crippen LogP) is 3.33. The van der Waals surface area contributed by atoms with Gasteiger partial charge in [0.1, 0.15) is 11.6 Å². The van der Waals surface area contributed by atoms with Crippen LogP contribution in [0, 0.1) is 11.6 Å². The normalized spacial score (nSPS) is 20.1. The highest BCUT2D eigenvalue weighted by Crippen LogP contribution is 2.29. The number of hydrogen-bond acceptors (Lipinski definition) is 4. The molecular formula is C22H27F2N3O3S. The van der Waals surface area contributed by atoms with Gasteiger partial charge in [-0.3, -0.25) is 4.79 Å². The zero-order valence-corrected chi connectivity index (χ0v) is 18.5. The third-order valence-corrected chi connectivity index (χ3v) is 7.35. The van der Waals surface area contributed by atoms with E-state index in [0.717, 1.165) is 24.2 Å². The second-order valence-corrected chi connectivity index (χ2v) is 10.5. The molecule has 31 heavy (non-hydrogen) atoms. The van der Waals surface area contributed by atoms with Crippen molar-refractivity contribution < 1.29 is 22.0 Å². The number of likely N-dealkylation sites (N-methyl/N-ethyl adjacent to an activating group) is 1. The molecule has 2 N–H and O–H groups in total. The molecule has 2 unspecified atom stereocenters. The number of piperidine rings is 1. The van der Waals surface area contributed by atoms with E-state index in [0.29, 0.717) is 24.7 Å². The fraction of sp³-hybridized carbons (Fsp3) is 0.409. The van der Waals surface area contributed by atoms with Gasteiger partial charge in [-0.25, -0.2) is 21.9 Å². The van der Waals surface area contributed by atoms with E-state index in [1.807, 2.05) is 19.2 Å². The number of carbonyl (C=O) groups is 1. The maximum Gasteiger partial charge on any atom is 0.255 e. The number of benzene rings is 2. The van der Waals surface area contributed by atoms with Crippen molar-refractivity contribution in [1.82, 2.24) is 9.62 Å². The summed E-state index contributed by atoms with van der Waals surface area (Å²) in [6, 6.07) is 9.49. The van der Waals surface area contributed by atoms with Crippen LogP contribution < -0.4 is 10.0 Å². The molecule has 0 saturated carbocycles. The Balaban J connectivity index is 1.75. The predicted molar refractivity (Wildman–Crippen MR) is 117 cm³/mol. The van der Waals surface area contributed by atoms with Crippen molar-refractivity contribution in [2.45, 2.75) is 37.5 Å². The summed E-state index contributed by atoms with van der Waals surface area (Å²) in [6.45, 7) is 4.78. The van der Waals surface area contributed by atoms with Gasteiger partial charge in [-0.15, -0.1) is 0 Å². The molecule has 2 aromatic carbocycles. The van der Waals surface area contributed by atoms with Crippen molar-refractivity contribution >= 4 is 21.6 Å². The summed E-state index contributed by atoms with van der Waals surface area (Å²) in [5.41, 5.74) is 1.30. The number of anilines is 1. The lowest BCUT2D eigenvalue weighted by Gasteiger charge is -2.37. The van der Waals surface area contributed by atoms with Crippen LogP contribution in [-0.2, 0) is 10.0 Å². The number of sulfonamides is 1. The minimum Gasteiger partial charge on any atom is -0.322 e. The molecule has 6 nitrogen and oxygen atoms in total. The first-order valence-electron chi connectivity index (χ1n) is 10.1. The van der Waals surface area contributed by atoms with Crippen molar-refractivity contribution in [2.24, 2.45) is 0 Å². The summed E-state index contributed by atoms with van der Waals surface area (Å²) in [6.07, 6.45) is 0.691. The van der Waals surface area contributed by atoms with Crippen molar-refractivity contribution in [3.63, 3.8) is 0 Å². The fourth-order valence-electron chi connectivity index (χ4n) is 3.64. The zero-order chi connectivity index (χ0) is 22.8. The number of rotatable bonds is 6. The highest BCUT2D eigenvalue weighted by atomic mass is 32.2. The van der Waals surface area contributed by atoms with Crippen molar-refractivity contribution in [3.05, 3.63) is 65.2 Å². The maximum absolute atomic E-state index is 13.3. The number of nitrogens with one attached hydrogen (secondary N) is 2. The van der Waals surface area contributed by atoms with Crippen LogP contribution in [0.4, 0.5) is 14.5 Å². The highest BCUT2D eigenvalue weighted by molar-refractivity contribution is 7.90. The molecular weight excluding hydrogens is 424 g/mol. The Hall–Kier alpha value is -2.36. The lowest BCUT2D eigenvalue weighted by atomic mass is 9.86. The number of halogens is 2. The van der Waals surface area contributed by atoms with Gasteiger partial charge in [0.2, 0.25) is 10.0 Å². The standard InChI is InChI=1S/C22H27F2N3O3S/c1-14(2)31(29,30)26-21-8-9-27(3)13-20(21)15-4-6-19(7-5-15)25-22(28)16-10-17(23)12-18(24)11-16/h4-7,10-12,14,20-21,26H,8-9,13H2,1-3H3,(H,25,28). The fourth-order valence-corrected chi connectivity index (χ4v) is 4.62. The van der Waals surface area contributed by atoms with Gasteiger partial charge in [-0.1, -0.05) is 12.1 Å². The molecule has 2 atom stereocenters. The summed E-state index contributed by atoms with van der Waals surface area (Å²) in [7, 11) is -1.41. The van der Waals surface area contributed by atoms with Crippen LogP contribution in [0.3, 0.4) is 0 Å². The van der Waals surface area contributed by atoms with Crippen LogP contribution in [0.2, 0.25) is 0 Å². The summed E-state index contributed by atoms with van der Waals surface area (Å²) in [4.78, 5) is 14.4. The average Bonchev–Trinajstić information content (AvgIpc) is 2.69. The number of nitrogens with zero attached hydrogens (tertiary/aromatic N) is 1. The molecule has 1 saturated heterocycles. The number of hydrogen-bond donors (Lipinski definition) is 2. The Kier molecular flexibility index (Phi) is 7.08. The molecule has 0 aromatic heterocycles. The molecule has 1 heterocycles. The van der Waals surface area contributed by atoms with Crippen LogP contribution in [0.25, 0.3) is 0 Å². The molecule has 0 bridgehead atoms. The van der Waals surface area contributed by atoms with Crippen LogP contribution in [0.15, 0.2) is 42.5 Å². The lowest BCUT2D eigenvalue weighted by molar-refractivity contribution is 0.102. The lowest BCUT2D eigenvalue weighted by Crippen LogP contribution is -2.50. The molecule has 3 rings (SSSR count). The summed E-state index contributed by atoms with van der Waals surface area (Å²) < 4.78 is 54.3. The number of carbonyl (C=O) groups excluding carboxylic acids is 1. The van der Waals surface area contributed by atoms with Gasteiger partial charge in [-0.2, -0.15) is 0 Å². The number of amides is 1. The average molecular weight is 452 g/mol.